The molecule has 0 bridgehead atoms. The van der Waals surface area contributed by atoms with Crippen molar-refractivity contribution in [2.75, 3.05) is 13.1 Å². The molecule has 2 heterocycles. The van der Waals surface area contributed by atoms with Gasteiger partial charge in [0.05, 0.1) is 5.56 Å². The van der Waals surface area contributed by atoms with Crippen molar-refractivity contribution in [1.82, 2.24) is 15.2 Å². The zero-order chi connectivity index (χ0) is 19.7. The van der Waals surface area contributed by atoms with Gasteiger partial charge >= 0.3 is 0 Å². The van der Waals surface area contributed by atoms with Gasteiger partial charge in [-0.1, -0.05) is 42.5 Å². The highest BCUT2D eigenvalue weighted by atomic mass is 16.2. The third-order valence-corrected chi connectivity index (χ3v) is 5.66. The van der Waals surface area contributed by atoms with E-state index in [1.165, 1.54) is 17.2 Å². The van der Waals surface area contributed by atoms with Gasteiger partial charge < -0.3 is 10.3 Å². The van der Waals surface area contributed by atoms with E-state index in [1.807, 2.05) is 24.3 Å². The largest absolute Gasteiger partial charge is 0.350 e. The number of nitrogens with zero attached hydrogens (tertiary/aromatic N) is 1. The molecule has 1 amide bonds. The fraction of sp³-hybridized carbons (Fsp3) is 0.304. The first-order valence-corrected chi connectivity index (χ1v) is 9.66. The minimum absolute atomic E-state index is 0.194. The number of para-hydroxylation sites is 1. The predicted molar refractivity (Wildman–Crippen MR) is 112 cm³/mol. The fourth-order valence-corrected chi connectivity index (χ4v) is 3.91. The summed E-state index contributed by atoms with van der Waals surface area (Å²) in [4.78, 5) is 30.0. The molecule has 0 saturated carbocycles. The van der Waals surface area contributed by atoms with Crippen molar-refractivity contribution in [2.45, 2.75) is 32.4 Å². The molecular weight excluding hydrogens is 350 g/mol. The van der Waals surface area contributed by atoms with Gasteiger partial charge in [0.25, 0.3) is 5.91 Å². The summed E-state index contributed by atoms with van der Waals surface area (Å²) in [5.74, 6) is -0.215. The van der Waals surface area contributed by atoms with Crippen molar-refractivity contribution in [2.24, 2.45) is 0 Å². The van der Waals surface area contributed by atoms with Crippen LogP contribution >= 0.6 is 0 Å². The number of amides is 1. The number of aromatic nitrogens is 1. The van der Waals surface area contributed by atoms with Crippen LogP contribution in [0.15, 0.2) is 59.4 Å². The Labute approximate surface area is 164 Å². The van der Waals surface area contributed by atoms with Gasteiger partial charge in [-0.15, -0.1) is 0 Å². The van der Waals surface area contributed by atoms with E-state index in [2.05, 4.69) is 53.3 Å². The van der Waals surface area contributed by atoms with Crippen LogP contribution in [0.2, 0.25) is 0 Å². The SMILES string of the molecule is CC(C)(CNC(=O)c1cc(=O)[nH]c2ccccc12)N1CCc2ccccc2C1. The van der Waals surface area contributed by atoms with E-state index in [9.17, 15) is 9.59 Å². The molecule has 0 atom stereocenters. The topological polar surface area (TPSA) is 65.2 Å². The van der Waals surface area contributed by atoms with E-state index in [0.717, 1.165) is 24.9 Å². The van der Waals surface area contributed by atoms with E-state index in [-0.39, 0.29) is 17.0 Å². The molecule has 5 nitrogen and oxygen atoms in total. The number of rotatable bonds is 4. The molecular formula is C23H25N3O2. The molecule has 0 spiro atoms. The number of pyridine rings is 1. The molecule has 0 fully saturated rings. The summed E-state index contributed by atoms with van der Waals surface area (Å²) >= 11 is 0. The minimum atomic E-state index is -0.268. The summed E-state index contributed by atoms with van der Waals surface area (Å²) in [6.07, 6.45) is 1.02. The Balaban J connectivity index is 1.50. The lowest BCUT2D eigenvalue weighted by Crippen LogP contribution is -2.53. The predicted octanol–water partition coefficient (Wildman–Crippen LogP) is 3.09. The number of H-pyrrole nitrogens is 1. The third kappa shape index (κ3) is 3.58. The number of hydrogen-bond acceptors (Lipinski definition) is 3. The molecule has 2 aromatic carbocycles. The van der Waals surface area contributed by atoms with E-state index < -0.39 is 0 Å². The van der Waals surface area contributed by atoms with Gasteiger partial charge in [0.1, 0.15) is 0 Å². The standard InChI is InChI=1S/C23H25N3O2/c1-23(2,26-12-11-16-7-3-4-8-17(16)14-26)15-24-22(28)19-13-21(27)25-20-10-6-5-9-18(19)20/h3-10,13H,11-12,14-15H2,1-2H3,(H,24,28)(H,25,27). The molecule has 2 N–H and O–H groups in total. The molecule has 0 saturated heterocycles. The zero-order valence-corrected chi connectivity index (χ0v) is 16.3. The second kappa shape index (κ2) is 7.24. The number of carbonyl (C=O) groups excluding carboxylic acids is 1. The smallest absolute Gasteiger partial charge is 0.252 e. The highest BCUT2D eigenvalue weighted by Crippen LogP contribution is 2.25. The van der Waals surface area contributed by atoms with Crippen LogP contribution in [-0.2, 0) is 13.0 Å². The monoisotopic (exact) mass is 375 g/mol. The Morgan fingerprint density at radius 3 is 2.64 bits per heavy atom. The molecule has 0 unspecified atom stereocenters. The quantitative estimate of drug-likeness (QED) is 0.736. The highest BCUT2D eigenvalue weighted by molar-refractivity contribution is 6.05. The Morgan fingerprint density at radius 2 is 1.82 bits per heavy atom. The van der Waals surface area contributed by atoms with Crippen molar-refractivity contribution in [1.29, 1.82) is 0 Å². The maximum absolute atomic E-state index is 12.9. The second-order valence-corrected chi connectivity index (χ2v) is 8.03. The van der Waals surface area contributed by atoms with E-state index in [4.69, 9.17) is 0 Å². The van der Waals surface area contributed by atoms with Crippen molar-refractivity contribution in [3.05, 3.63) is 81.6 Å². The van der Waals surface area contributed by atoms with Crippen LogP contribution in [0.5, 0.6) is 0 Å². The number of fused-ring (bicyclic) bond motifs is 2. The van der Waals surface area contributed by atoms with Gasteiger partial charge in [-0.2, -0.15) is 0 Å². The summed E-state index contributed by atoms with van der Waals surface area (Å²) in [6, 6.07) is 17.3. The molecule has 1 aliphatic rings. The van der Waals surface area contributed by atoms with Gasteiger partial charge in [0, 0.05) is 42.1 Å². The number of hydrogen-bond donors (Lipinski definition) is 2. The summed E-state index contributed by atoms with van der Waals surface area (Å²) in [7, 11) is 0. The molecule has 28 heavy (non-hydrogen) atoms. The molecule has 4 rings (SSSR count). The number of aromatic amines is 1. The third-order valence-electron chi connectivity index (χ3n) is 5.66. The molecule has 1 aromatic heterocycles. The Kier molecular flexibility index (Phi) is 4.77. The van der Waals surface area contributed by atoms with Gasteiger partial charge in [-0.3, -0.25) is 14.5 Å². The van der Waals surface area contributed by atoms with Crippen LogP contribution in [-0.4, -0.2) is 34.4 Å². The number of carbonyl (C=O) groups is 1. The van der Waals surface area contributed by atoms with Crippen LogP contribution in [0.3, 0.4) is 0 Å². The van der Waals surface area contributed by atoms with Crippen molar-refractivity contribution in [3.63, 3.8) is 0 Å². The molecule has 3 aromatic rings. The first-order valence-electron chi connectivity index (χ1n) is 9.66. The zero-order valence-electron chi connectivity index (χ0n) is 16.3. The lowest BCUT2D eigenvalue weighted by atomic mass is 9.94. The lowest BCUT2D eigenvalue weighted by Gasteiger charge is -2.41. The van der Waals surface area contributed by atoms with Crippen LogP contribution in [0.4, 0.5) is 0 Å². The molecule has 0 aliphatic carbocycles. The summed E-state index contributed by atoms with van der Waals surface area (Å²) in [5.41, 5.74) is 3.39. The van der Waals surface area contributed by atoms with Gasteiger partial charge in [-0.05, 0) is 37.5 Å². The Hall–Kier alpha value is -2.92. The van der Waals surface area contributed by atoms with E-state index in [1.54, 1.807) is 0 Å². The summed E-state index contributed by atoms with van der Waals surface area (Å²) in [5, 5.41) is 3.80. The second-order valence-electron chi connectivity index (χ2n) is 8.03. The maximum atomic E-state index is 12.9. The Morgan fingerprint density at radius 1 is 1.11 bits per heavy atom. The van der Waals surface area contributed by atoms with E-state index >= 15 is 0 Å². The normalized spacial score (nSPS) is 14.6. The molecule has 1 aliphatic heterocycles. The van der Waals surface area contributed by atoms with Crippen molar-refractivity contribution >= 4 is 16.8 Å². The summed E-state index contributed by atoms with van der Waals surface area (Å²) < 4.78 is 0. The van der Waals surface area contributed by atoms with Gasteiger partial charge in [-0.25, -0.2) is 0 Å². The Bertz CT molecular complexity index is 1080. The van der Waals surface area contributed by atoms with Crippen molar-refractivity contribution in [3.8, 4) is 0 Å². The van der Waals surface area contributed by atoms with E-state index in [0.29, 0.717) is 17.6 Å². The number of nitrogens with one attached hydrogen (secondary N) is 2. The molecule has 144 valence electrons. The lowest BCUT2D eigenvalue weighted by molar-refractivity contribution is 0.0827. The maximum Gasteiger partial charge on any atom is 0.252 e. The average molecular weight is 375 g/mol. The van der Waals surface area contributed by atoms with Crippen LogP contribution < -0.4 is 10.9 Å². The fourth-order valence-electron chi connectivity index (χ4n) is 3.91. The highest BCUT2D eigenvalue weighted by Gasteiger charge is 2.30. The van der Waals surface area contributed by atoms with Gasteiger partial charge in [0.15, 0.2) is 0 Å². The molecule has 0 radical (unpaired) electrons. The first-order chi connectivity index (χ1) is 13.4. The average Bonchev–Trinajstić information content (AvgIpc) is 2.71. The molecule has 5 heteroatoms. The van der Waals surface area contributed by atoms with Crippen LogP contribution in [0.25, 0.3) is 10.9 Å². The minimum Gasteiger partial charge on any atom is -0.350 e. The number of benzene rings is 2. The van der Waals surface area contributed by atoms with Crippen LogP contribution in [0.1, 0.15) is 35.3 Å². The van der Waals surface area contributed by atoms with Crippen LogP contribution in [0, 0.1) is 0 Å². The van der Waals surface area contributed by atoms with Gasteiger partial charge in [0.2, 0.25) is 5.56 Å². The summed E-state index contributed by atoms with van der Waals surface area (Å²) in [6.45, 7) is 6.66. The first kappa shape index (κ1) is 18.4. The van der Waals surface area contributed by atoms with Crippen molar-refractivity contribution < 1.29 is 4.79 Å².